The Bertz CT molecular complexity index is 1010. The first kappa shape index (κ1) is 20.4. The Morgan fingerprint density at radius 2 is 1.97 bits per heavy atom. The molecule has 1 aliphatic rings. The zero-order valence-electron chi connectivity index (χ0n) is 16.9. The lowest BCUT2D eigenvalue weighted by Gasteiger charge is -2.33. The fourth-order valence-corrected chi connectivity index (χ4v) is 3.85. The molecule has 0 saturated carbocycles. The molecule has 0 spiro atoms. The Balaban J connectivity index is 1.48. The predicted octanol–water partition coefficient (Wildman–Crippen LogP) is 3.82. The Morgan fingerprint density at radius 3 is 2.73 bits per heavy atom. The minimum Gasteiger partial charge on any atom is -0.383 e. The maximum absolute atomic E-state index is 14.0. The number of hydrogen-bond donors (Lipinski definition) is 1. The topological polar surface area (TPSA) is 63.2 Å². The Kier molecular flexibility index (Phi) is 6.32. The van der Waals surface area contributed by atoms with Crippen molar-refractivity contribution in [3.63, 3.8) is 0 Å². The van der Waals surface area contributed by atoms with Gasteiger partial charge in [-0.05, 0) is 42.9 Å². The van der Waals surface area contributed by atoms with E-state index in [1.165, 1.54) is 6.07 Å². The molecule has 3 heterocycles. The van der Waals surface area contributed by atoms with Crippen LogP contribution in [0.1, 0.15) is 18.4 Å². The van der Waals surface area contributed by atoms with Crippen molar-refractivity contribution in [1.29, 1.82) is 0 Å². The number of pyridine rings is 1. The van der Waals surface area contributed by atoms with Crippen molar-refractivity contribution in [2.24, 2.45) is 5.92 Å². The molecule has 0 radical (unpaired) electrons. The average molecular weight is 413 g/mol. The van der Waals surface area contributed by atoms with Crippen LogP contribution in [-0.2, 0) is 11.2 Å². The molecule has 1 aromatic carbocycles. The molecule has 0 aliphatic carbocycles. The van der Waals surface area contributed by atoms with Gasteiger partial charge in [-0.15, -0.1) is 0 Å². The van der Waals surface area contributed by atoms with Gasteiger partial charge in [0.05, 0.1) is 18.3 Å². The Hall–Kier alpha value is -2.87. The highest BCUT2D eigenvalue weighted by molar-refractivity contribution is 5.79. The number of nitrogens with one attached hydrogen (secondary N) is 1. The number of hydrogen-bond acceptors (Lipinski definition) is 6. The monoisotopic (exact) mass is 413 g/mol. The summed E-state index contributed by atoms with van der Waals surface area (Å²) in [6, 6.07) is 5.68. The van der Waals surface area contributed by atoms with Gasteiger partial charge in [-0.2, -0.15) is 0 Å². The molecule has 1 fully saturated rings. The van der Waals surface area contributed by atoms with Gasteiger partial charge in [-0.3, -0.25) is 4.98 Å². The molecule has 0 amide bonds. The van der Waals surface area contributed by atoms with Gasteiger partial charge in [0.25, 0.3) is 0 Å². The Labute approximate surface area is 174 Å². The summed E-state index contributed by atoms with van der Waals surface area (Å²) in [5.41, 5.74) is 2.11. The van der Waals surface area contributed by atoms with E-state index in [-0.39, 0.29) is 0 Å². The van der Waals surface area contributed by atoms with E-state index in [2.05, 4.69) is 15.2 Å². The van der Waals surface area contributed by atoms with Gasteiger partial charge >= 0.3 is 0 Å². The first-order chi connectivity index (χ1) is 14.6. The third kappa shape index (κ3) is 4.64. The second-order valence-electron chi connectivity index (χ2n) is 7.55. The number of benzene rings is 1. The van der Waals surface area contributed by atoms with E-state index in [9.17, 15) is 8.78 Å². The van der Waals surface area contributed by atoms with Gasteiger partial charge in [-0.1, -0.05) is 6.07 Å². The quantitative estimate of drug-likeness (QED) is 0.594. The number of fused-ring (bicyclic) bond motifs is 1. The van der Waals surface area contributed by atoms with Gasteiger partial charge in [-0.25, -0.2) is 18.7 Å². The van der Waals surface area contributed by atoms with E-state index < -0.39 is 11.6 Å². The van der Waals surface area contributed by atoms with Crippen molar-refractivity contribution in [2.45, 2.75) is 19.3 Å². The molecule has 2 aromatic heterocycles. The van der Waals surface area contributed by atoms with Crippen LogP contribution in [0.5, 0.6) is 0 Å². The molecule has 158 valence electrons. The molecule has 8 heteroatoms. The zero-order chi connectivity index (χ0) is 20.9. The smallest absolute Gasteiger partial charge is 0.172 e. The summed E-state index contributed by atoms with van der Waals surface area (Å²) in [6.07, 6.45) is 5.85. The highest BCUT2D eigenvalue weighted by Gasteiger charge is 2.24. The highest BCUT2D eigenvalue weighted by Crippen LogP contribution is 2.30. The van der Waals surface area contributed by atoms with E-state index in [1.807, 2.05) is 6.07 Å². The zero-order valence-corrected chi connectivity index (χ0v) is 16.9. The van der Waals surface area contributed by atoms with Crippen molar-refractivity contribution in [2.75, 3.05) is 43.6 Å². The fraction of sp³-hybridized carbons (Fsp3) is 0.409. The molecule has 0 unspecified atom stereocenters. The van der Waals surface area contributed by atoms with Crippen LogP contribution < -0.4 is 10.2 Å². The van der Waals surface area contributed by atoms with Crippen molar-refractivity contribution < 1.29 is 13.5 Å². The summed E-state index contributed by atoms with van der Waals surface area (Å²) in [5, 5.41) is 3.32. The van der Waals surface area contributed by atoms with Crippen LogP contribution in [0.25, 0.3) is 11.0 Å². The number of aromatic nitrogens is 3. The average Bonchev–Trinajstić information content (AvgIpc) is 2.76. The van der Waals surface area contributed by atoms with E-state index in [0.29, 0.717) is 31.1 Å². The number of rotatable bonds is 7. The fourth-order valence-electron chi connectivity index (χ4n) is 3.85. The number of methoxy groups -OCH3 is 1. The van der Waals surface area contributed by atoms with Crippen LogP contribution in [0.15, 0.2) is 36.7 Å². The molecular formula is C22H25F2N5O. The number of nitrogens with zero attached hydrogens (tertiary/aromatic N) is 4. The summed E-state index contributed by atoms with van der Waals surface area (Å²) in [5.74, 6) is 0.881. The molecule has 3 aromatic rings. The van der Waals surface area contributed by atoms with Crippen LogP contribution in [0.2, 0.25) is 0 Å². The number of ether oxygens (including phenoxy) is 1. The minimum atomic E-state index is -0.538. The molecule has 1 aliphatic heterocycles. The lowest BCUT2D eigenvalue weighted by atomic mass is 9.90. The molecule has 1 N–H and O–H groups in total. The summed E-state index contributed by atoms with van der Waals surface area (Å²) in [4.78, 5) is 15.9. The van der Waals surface area contributed by atoms with Gasteiger partial charge in [0.2, 0.25) is 0 Å². The maximum atomic E-state index is 14.0. The van der Waals surface area contributed by atoms with E-state index in [1.54, 1.807) is 25.6 Å². The number of anilines is 2. The standard InChI is InChI=1S/C22H25F2N5O/c1-30-11-8-26-21-22(28-20-14-25-7-4-19(20)27-21)29-9-5-15(6-10-29)12-16-2-3-17(23)13-18(16)24/h2-4,7,13-15H,5-6,8-12H2,1H3,(H,26,27). The summed E-state index contributed by atoms with van der Waals surface area (Å²) in [7, 11) is 1.66. The predicted molar refractivity (Wildman–Crippen MR) is 113 cm³/mol. The molecule has 4 rings (SSSR count). The van der Waals surface area contributed by atoms with Gasteiger partial charge in [0, 0.05) is 39.0 Å². The summed E-state index contributed by atoms with van der Waals surface area (Å²) < 4.78 is 32.3. The van der Waals surface area contributed by atoms with E-state index in [4.69, 9.17) is 14.7 Å². The molecule has 0 atom stereocenters. The van der Waals surface area contributed by atoms with Crippen LogP contribution >= 0.6 is 0 Å². The van der Waals surface area contributed by atoms with Crippen LogP contribution in [0.3, 0.4) is 0 Å². The second-order valence-corrected chi connectivity index (χ2v) is 7.55. The number of piperidine rings is 1. The third-order valence-electron chi connectivity index (χ3n) is 5.48. The van der Waals surface area contributed by atoms with Crippen molar-refractivity contribution >= 4 is 22.7 Å². The van der Waals surface area contributed by atoms with E-state index in [0.717, 1.165) is 54.7 Å². The van der Waals surface area contributed by atoms with Gasteiger partial charge < -0.3 is 15.0 Å². The van der Waals surface area contributed by atoms with Crippen LogP contribution in [0, 0.1) is 17.6 Å². The molecular weight excluding hydrogens is 388 g/mol. The van der Waals surface area contributed by atoms with E-state index >= 15 is 0 Å². The van der Waals surface area contributed by atoms with Crippen LogP contribution in [0.4, 0.5) is 20.4 Å². The molecule has 1 saturated heterocycles. The van der Waals surface area contributed by atoms with Gasteiger partial charge in [0.1, 0.15) is 17.2 Å². The minimum absolute atomic E-state index is 0.348. The lowest BCUT2D eigenvalue weighted by molar-refractivity contribution is 0.210. The third-order valence-corrected chi connectivity index (χ3v) is 5.48. The van der Waals surface area contributed by atoms with Crippen LogP contribution in [-0.4, -0.2) is 48.3 Å². The lowest BCUT2D eigenvalue weighted by Crippen LogP contribution is -2.35. The molecule has 30 heavy (non-hydrogen) atoms. The van der Waals surface area contributed by atoms with Gasteiger partial charge in [0.15, 0.2) is 11.6 Å². The molecule has 0 bridgehead atoms. The Morgan fingerprint density at radius 1 is 1.13 bits per heavy atom. The molecule has 6 nitrogen and oxygen atoms in total. The first-order valence-electron chi connectivity index (χ1n) is 10.2. The van der Waals surface area contributed by atoms with Crippen molar-refractivity contribution in [3.8, 4) is 0 Å². The summed E-state index contributed by atoms with van der Waals surface area (Å²) >= 11 is 0. The largest absolute Gasteiger partial charge is 0.383 e. The second kappa shape index (κ2) is 9.30. The SMILES string of the molecule is COCCNc1nc2ccncc2nc1N1CCC(Cc2ccc(F)cc2F)CC1. The first-order valence-corrected chi connectivity index (χ1v) is 10.2. The van der Waals surface area contributed by atoms with Crippen molar-refractivity contribution in [3.05, 3.63) is 53.9 Å². The normalized spacial score (nSPS) is 15.0. The summed E-state index contributed by atoms with van der Waals surface area (Å²) in [6.45, 7) is 2.80. The van der Waals surface area contributed by atoms with Crippen molar-refractivity contribution in [1.82, 2.24) is 15.0 Å². The maximum Gasteiger partial charge on any atom is 0.172 e. The highest BCUT2D eigenvalue weighted by atomic mass is 19.1. The number of halogens is 2.